The number of amides is 1. The van der Waals surface area contributed by atoms with Crippen molar-refractivity contribution in [3.8, 4) is 0 Å². The van der Waals surface area contributed by atoms with Crippen LogP contribution in [0.15, 0.2) is 0 Å². The molecular formula is C10H21NO2. The van der Waals surface area contributed by atoms with E-state index in [1.54, 1.807) is 7.11 Å². The Hall–Kier alpha value is -0.570. The molecule has 78 valence electrons. The van der Waals surface area contributed by atoms with Gasteiger partial charge >= 0.3 is 0 Å². The summed E-state index contributed by atoms with van der Waals surface area (Å²) in [5.41, 5.74) is 5.13. The van der Waals surface area contributed by atoms with E-state index in [0.29, 0.717) is 18.3 Å². The Morgan fingerprint density at radius 1 is 1.46 bits per heavy atom. The zero-order chi connectivity index (χ0) is 10.4. The predicted octanol–water partition coefficient (Wildman–Crippen LogP) is 1.56. The van der Waals surface area contributed by atoms with E-state index in [2.05, 4.69) is 20.8 Å². The molecule has 0 radical (unpaired) electrons. The van der Waals surface area contributed by atoms with Crippen molar-refractivity contribution in [1.29, 1.82) is 0 Å². The van der Waals surface area contributed by atoms with Crippen LogP contribution in [0.3, 0.4) is 0 Å². The Bertz CT molecular complexity index is 159. The highest BCUT2D eigenvalue weighted by molar-refractivity contribution is 5.74. The summed E-state index contributed by atoms with van der Waals surface area (Å²) in [4.78, 5) is 10.7. The molecule has 13 heavy (non-hydrogen) atoms. The molecule has 0 aliphatic rings. The third kappa shape index (κ3) is 4.27. The first-order chi connectivity index (χ1) is 6.02. The lowest BCUT2D eigenvalue weighted by Crippen LogP contribution is -2.30. The largest absolute Gasteiger partial charge is 0.381 e. The normalized spacial score (nSPS) is 17.8. The molecule has 3 unspecified atom stereocenters. The highest BCUT2D eigenvalue weighted by Crippen LogP contribution is 2.22. The van der Waals surface area contributed by atoms with E-state index in [1.807, 2.05) is 0 Å². The summed E-state index contributed by atoms with van der Waals surface area (Å²) in [5.74, 6) is 0.647. The van der Waals surface area contributed by atoms with Gasteiger partial charge in [0.05, 0.1) is 12.5 Å². The van der Waals surface area contributed by atoms with Crippen molar-refractivity contribution < 1.29 is 9.53 Å². The zero-order valence-corrected chi connectivity index (χ0v) is 9.04. The fourth-order valence-electron chi connectivity index (χ4n) is 1.42. The minimum atomic E-state index is -0.290. The van der Waals surface area contributed by atoms with Crippen LogP contribution < -0.4 is 5.73 Å². The first kappa shape index (κ1) is 12.4. The number of ether oxygens (including phenoxy) is 1. The number of nitrogens with two attached hydrogens (primary N) is 1. The van der Waals surface area contributed by atoms with Gasteiger partial charge in [-0.25, -0.2) is 0 Å². The molecule has 0 aliphatic heterocycles. The van der Waals surface area contributed by atoms with Crippen LogP contribution in [-0.2, 0) is 9.53 Å². The van der Waals surface area contributed by atoms with Crippen LogP contribution in [0.2, 0.25) is 0 Å². The fourth-order valence-corrected chi connectivity index (χ4v) is 1.42. The highest BCUT2D eigenvalue weighted by atomic mass is 16.5. The molecule has 0 heterocycles. The lowest BCUT2D eigenvalue weighted by Gasteiger charge is -2.26. The second-order valence-electron chi connectivity index (χ2n) is 3.69. The SMILES string of the molecule is CCC(C)C(C)C(CC(N)=O)OC. The number of primary amides is 1. The van der Waals surface area contributed by atoms with Crippen molar-refractivity contribution in [2.75, 3.05) is 7.11 Å². The Morgan fingerprint density at radius 2 is 2.00 bits per heavy atom. The van der Waals surface area contributed by atoms with E-state index in [0.717, 1.165) is 6.42 Å². The lowest BCUT2D eigenvalue weighted by molar-refractivity contribution is -0.121. The Balaban J connectivity index is 4.13. The summed E-state index contributed by atoms with van der Waals surface area (Å²) >= 11 is 0. The quantitative estimate of drug-likeness (QED) is 0.686. The molecule has 1 amide bonds. The standard InChI is InChI=1S/C10H21NO2/c1-5-7(2)8(3)9(13-4)6-10(11)12/h7-9H,5-6H2,1-4H3,(H2,11,12). The number of carbonyl (C=O) groups excluding carboxylic acids is 1. The topological polar surface area (TPSA) is 52.3 Å². The molecule has 0 bridgehead atoms. The molecule has 3 atom stereocenters. The molecular weight excluding hydrogens is 166 g/mol. The summed E-state index contributed by atoms with van der Waals surface area (Å²) in [6.07, 6.45) is 1.38. The summed E-state index contributed by atoms with van der Waals surface area (Å²) in [7, 11) is 1.63. The van der Waals surface area contributed by atoms with Crippen molar-refractivity contribution in [1.82, 2.24) is 0 Å². The van der Waals surface area contributed by atoms with Crippen LogP contribution in [0, 0.1) is 11.8 Å². The van der Waals surface area contributed by atoms with E-state index in [4.69, 9.17) is 10.5 Å². The van der Waals surface area contributed by atoms with Crippen molar-refractivity contribution in [2.24, 2.45) is 17.6 Å². The maximum atomic E-state index is 10.7. The first-order valence-corrected chi connectivity index (χ1v) is 4.84. The predicted molar refractivity (Wildman–Crippen MR) is 53.2 cm³/mol. The second-order valence-corrected chi connectivity index (χ2v) is 3.69. The molecule has 0 rings (SSSR count). The summed E-state index contributed by atoms with van der Waals surface area (Å²) < 4.78 is 5.25. The number of hydrogen-bond acceptors (Lipinski definition) is 2. The van der Waals surface area contributed by atoms with Gasteiger partial charge in [0.25, 0.3) is 0 Å². The van der Waals surface area contributed by atoms with Gasteiger partial charge in [-0.05, 0) is 11.8 Å². The van der Waals surface area contributed by atoms with Gasteiger partial charge in [0.15, 0.2) is 0 Å². The molecule has 0 saturated heterocycles. The Labute approximate surface area is 80.6 Å². The molecule has 0 aliphatic carbocycles. The van der Waals surface area contributed by atoms with Crippen molar-refractivity contribution in [3.63, 3.8) is 0 Å². The minimum absolute atomic E-state index is 0.0348. The van der Waals surface area contributed by atoms with Crippen LogP contribution in [0.5, 0.6) is 0 Å². The molecule has 0 spiro atoms. The third-order valence-corrected chi connectivity index (χ3v) is 2.83. The van der Waals surface area contributed by atoms with Gasteiger partial charge in [0.1, 0.15) is 0 Å². The van der Waals surface area contributed by atoms with Gasteiger partial charge in [0.2, 0.25) is 5.91 Å². The fraction of sp³-hybridized carbons (Fsp3) is 0.900. The first-order valence-electron chi connectivity index (χ1n) is 4.84. The van der Waals surface area contributed by atoms with E-state index in [-0.39, 0.29) is 12.0 Å². The third-order valence-electron chi connectivity index (χ3n) is 2.83. The van der Waals surface area contributed by atoms with Crippen molar-refractivity contribution in [2.45, 2.75) is 39.7 Å². The molecule has 0 aromatic rings. The van der Waals surface area contributed by atoms with Crippen LogP contribution in [-0.4, -0.2) is 19.1 Å². The number of hydrogen-bond donors (Lipinski definition) is 1. The molecule has 3 heteroatoms. The number of methoxy groups -OCH3 is 1. The average molecular weight is 187 g/mol. The molecule has 0 aromatic carbocycles. The van der Waals surface area contributed by atoms with Crippen LogP contribution in [0.1, 0.15) is 33.6 Å². The molecule has 3 nitrogen and oxygen atoms in total. The average Bonchev–Trinajstić information content (AvgIpc) is 2.11. The number of carbonyl (C=O) groups is 1. The summed E-state index contributed by atoms with van der Waals surface area (Å²) in [5, 5.41) is 0. The molecule has 0 saturated carbocycles. The van der Waals surface area contributed by atoms with Gasteiger partial charge in [0, 0.05) is 7.11 Å². The van der Waals surface area contributed by atoms with Crippen LogP contribution in [0.4, 0.5) is 0 Å². The summed E-state index contributed by atoms with van der Waals surface area (Å²) in [6.45, 7) is 6.40. The minimum Gasteiger partial charge on any atom is -0.381 e. The van der Waals surface area contributed by atoms with Gasteiger partial charge < -0.3 is 10.5 Å². The Kier molecular flexibility index (Phi) is 5.71. The van der Waals surface area contributed by atoms with Crippen molar-refractivity contribution in [3.05, 3.63) is 0 Å². The van der Waals surface area contributed by atoms with Gasteiger partial charge in [-0.15, -0.1) is 0 Å². The van der Waals surface area contributed by atoms with E-state index in [1.165, 1.54) is 0 Å². The van der Waals surface area contributed by atoms with Crippen molar-refractivity contribution >= 4 is 5.91 Å². The zero-order valence-electron chi connectivity index (χ0n) is 9.04. The van der Waals surface area contributed by atoms with Gasteiger partial charge in [-0.3, -0.25) is 4.79 Å². The van der Waals surface area contributed by atoms with Crippen LogP contribution >= 0.6 is 0 Å². The smallest absolute Gasteiger partial charge is 0.220 e. The van der Waals surface area contributed by atoms with E-state index in [9.17, 15) is 4.79 Å². The number of rotatable bonds is 6. The van der Waals surface area contributed by atoms with Gasteiger partial charge in [-0.2, -0.15) is 0 Å². The maximum Gasteiger partial charge on any atom is 0.220 e. The highest BCUT2D eigenvalue weighted by Gasteiger charge is 2.22. The molecule has 0 fully saturated rings. The van der Waals surface area contributed by atoms with Gasteiger partial charge in [-0.1, -0.05) is 27.2 Å². The molecule has 0 aromatic heterocycles. The lowest BCUT2D eigenvalue weighted by atomic mass is 9.87. The van der Waals surface area contributed by atoms with E-state index < -0.39 is 0 Å². The summed E-state index contributed by atoms with van der Waals surface area (Å²) in [6, 6.07) is 0. The maximum absolute atomic E-state index is 10.7. The van der Waals surface area contributed by atoms with Crippen LogP contribution in [0.25, 0.3) is 0 Å². The monoisotopic (exact) mass is 187 g/mol. The molecule has 2 N–H and O–H groups in total. The Morgan fingerprint density at radius 3 is 2.31 bits per heavy atom. The second kappa shape index (κ2) is 5.97. The van der Waals surface area contributed by atoms with E-state index >= 15 is 0 Å².